The van der Waals surface area contributed by atoms with Crippen LogP contribution in [0.25, 0.3) is 0 Å². The minimum absolute atomic E-state index is 0.0698. The molecular weight excluding hydrogens is 264 g/mol. The van der Waals surface area contributed by atoms with Crippen molar-refractivity contribution in [2.24, 2.45) is 5.92 Å². The molecule has 2 N–H and O–H groups in total. The average molecular weight is 290 g/mol. The molecule has 0 fully saturated rings. The highest BCUT2D eigenvalue weighted by Crippen LogP contribution is 2.09. The van der Waals surface area contributed by atoms with Gasteiger partial charge < -0.3 is 10.6 Å². The van der Waals surface area contributed by atoms with Crippen molar-refractivity contribution in [1.82, 2.24) is 10.6 Å². The third kappa shape index (κ3) is 5.21. The van der Waals surface area contributed by atoms with Crippen molar-refractivity contribution in [2.75, 3.05) is 13.1 Å². The highest BCUT2D eigenvalue weighted by molar-refractivity contribution is 5.94. The van der Waals surface area contributed by atoms with Crippen molar-refractivity contribution >= 4 is 11.8 Å². The van der Waals surface area contributed by atoms with E-state index in [4.69, 9.17) is 0 Å². The molecule has 0 aromatic heterocycles. The molecule has 1 aromatic carbocycles. The number of nitrogens with one attached hydrogen (secondary N) is 2. The monoisotopic (exact) mass is 290 g/mol. The Morgan fingerprint density at radius 2 is 1.62 bits per heavy atom. The number of carbonyl (C=O) groups excluding carboxylic acids is 2. The van der Waals surface area contributed by atoms with Gasteiger partial charge in [0.2, 0.25) is 5.91 Å². The maximum absolute atomic E-state index is 12.0. The number of amides is 2. The predicted octanol–water partition coefficient (Wildman–Crippen LogP) is 2.59. The molecule has 0 unspecified atom stereocenters. The van der Waals surface area contributed by atoms with Gasteiger partial charge in [-0.15, -0.1) is 0 Å². The summed E-state index contributed by atoms with van der Waals surface area (Å²) in [5, 5.41) is 5.68. The molecule has 0 heterocycles. The van der Waals surface area contributed by atoms with Gasteiger partial charge in [0, 0.05) is 24.6 Å². The van der Waals surface area contributed by atoms with Gasteiger partial charge in [0.15, 0.2) is 0 Å². The molecule has 0 spiro atoms. The Morgan fingerprint density at radius 1 is 1.00 bits per heavy atom. The van der Waals surface area contributed by atoms with Crippen LogP contribution in [0.15, 0.2) is 18.2 Å². The van der Waals surface area contributed by atoms with Crippen LogP contribution >= 0.6 is 0 Å². The largest absolute Gasteiger partial charge is 0.354 e. The van der Waals surface area contributed by atoms with Crippen LogP contribution in [0.5, 0.6) is 0 Å². The Kier molecular flexibility index (Phi) is 6.92. The second-order valence-electron chi connectivity index (χ2n) is 5.36. The molecule has 0 bridgehead atoms. The van der Waals surface area contributed by atoms with Crippen molar-refractivity contribution in [1.29, 1.82) is 0 Å². The van der Waals surface area contributed by atoms with Gasteiger partial charge in [0.05, 0.1) is 0 Å². The average Bonchev–Trinajstić information content (AvgIpc) is 2.47. The first kappa shape index (κ1) is 17.2. The number of rotatable bonds is 7. The lowest BCUT2D eigenvalue weighted by Crippen LogP contribution is -2.37. The maximum atomic E-state index is 12.0. The van der Waals surface area contributed by atoms with E-state index in [1.807, 2.05) is 45.9 Å². The van der Waals surface area contributed by atoms with Crippen LogP contribution < -0.4 is 10.6 Å². The van der Waals surface area contributed by atoms with Crippen molar-refractivity contribution in [3.63, 3.8) is 0 Å². The van der Waals surface area contributed by atoms with Crippen molar-refractivity contribution in [2.45, 2.75) is 40.5 Å². The van der Waals surface area contributed by atoms with Crippen LogP contribution in [-0.4, -0.2) is 24.9 Å². The molecule has 0 aliphatic heterocycles. The summed E-state index contributed by atoms with van der Waals surface area (Å²) in [6.07, 6.45) is 1.69. The standard InChI is InChI=1S/C17H26N2O2/c1-5-14(6-2)16(20)18-9-10-19-17(21)15-8-7-12(3)13(4)11-15/h7-8,11,14H,5-6,9-10H2,1-4H3,(H,18,20)(H,19,21). The summed E-state index contributed by atoms with van der Waals surface area (Å²) >= 11 is 0. The van der Waals surface area contributed by atoms with E-state index in [1.54, 1.807) is 0 Å². The fourth-order valence-corrected chi connectivity index (χ4v) is 2.15. The fourth-order valence-electron chi connectivity index (χ4n) is 2.15. The summed E-state index contributed by atoms with van der Waals surface area (Å²) in [6.45, 7) is 8.93. The number of benzene rings is 1. The van der Waals surface area contributed by atoms with Gasteiger partial charge in [-0.05, 0) is 49.9 Å². The van der Waals surface area contributed by atoms with Gasteiger partial charge >= 0.3 is 0 Å². The Labute approximate surface area is 127 Å². The van der Waals surface area contributed by atoms with E-state index in [1.165, 1.54) is 5.56 Å². The maximum Gasteiger partial charge on any atom is 0.251 e. The summed E-state index contributed by atoms with van der Waals surface area (Å²) in [4.78, 5) is 23.8. The lowest BCUT2D eigenvalue weighted by Gasteiger charge is -2.13. The zero-order chi connectivity index (χ0) is 15.8. The van der Waals surface area contributed by atoms with Gasteiger partial charge in [-0.25, -0.2) is 0 Å². The molecule has 21 heavy (non-hydrogen) atoms. The van der Waals surface area contributed by atoms with E-state index < -0.39 is 0 Å². The van der Waals surface area contributed by atoms with Gasteiger partial charge in [-0.2, -0.15) is 0 Å². The molecule has 0 radical (unpaired) electrons. The van der Waals surface area contributed by atoms with Crippen LogP contribution in [0, 0.1) is 19.8 Å². The van der Waals surface area contributed by atoms with Crippen LogP contribution in [0.1, 0.15) is 48.2 Å². The molecule has 1 rings (SSSR count). The summed E-state index contributed by atoms with van der Waals surface area (Å²) < 4.78 is 0. The molecule has 0 aliphatic carbocycles. The summed E-state index contributed by atoms with van der Waals surface area (Å²) in [6, 6.07) is 5.65. The summed E-state index contributed by atoms with van der Waals surface area (Å²) in [5.41, 5.74) is 2.93. The molecule has 0 aliphatic rings. The highest BCUT2D eigenvalue weighted by atomic mass is 16.2. The fraction of sp³-hybridized carbons (Fsp3) is 0.529. The van der Waals surface area contributed by atoms with Crippen LogP contribution in [0.4, 0.5) is 0 Å². The smallest absolute Gasteiger partial charge is 0.251 e. The van der Waals surface area contributed by atoms with Crippen LogP contribution in [0.3, 0.4) is 0 Å². The molecule has 1 aromatic rings. The van der Waals surface area contributed by atoms with Crippen molar-refractivity contribution in [3.05, 3.63) is 34.9 Å². The second-order valence-corrected chi connectivity index (χ2v) is 5.36. The third-order valence-corrected chi connectivity index (χ3v) is 3.84. The summed E-state index contributed by atoms with van der Waals surface area (Å²) in [5.74, 6) is 0.0377. The summed E-state index contributed by atoms with van der Waals surface area (Å²) in [7, 11) is 0. The molecular formula is C17H26N2O2. The normalized spacial score (nSPS) is 10.5. The third-order valence-electron chi connectivity index (χ3n) is 3.84. The van der Waals surface area contributed by atoms with E-state index in [0.29, 0.717) is 18.7 Å². The molecule has 0 saturated carbocycles. The van der Waals surface area contributed by atoms with E-state index >= 15 is 0 Å². The molecule has 0 atom stereocenters. The SMILES string of the molecule is CCC(CC)C(=O)NCCNC(=O)c1ccc(C)c(C)c1. The molecule has 0 saturated heterocycles. The first-order valence-electron chi connectivity index (χ1n) is 7.62. The zero-order valence-electron chi connectivity index (χ0n) is 13.5. The lowest BCUT2D eigenvalue weighted by molar-refractivity contribution is -0.125. The van der Waals surface area contributed by atoms with E-state index in [2.05, 4.69) is 10.6 Å². The Bertz CT molecular complexity index is 494. The Balaban J connectivity index is 2.37. The Morgan fingerprint density at radius 3 is 2.19 bits per heavy atom. The van der Waals surface area contributed by atoms with E-state index in [9.17, 15) is 9.59 Å². The van der Waals surface area contributed by atoms with Gasteiger partial charge in [0.25, 0.3) is 5.91 Å². The number of aryl methyl sites for hydroxylation is 2. The molecule has 2 amide bonds. The van der Waals surface area contributed by atoms with Gasteiger partial charge in [0.1, 0.15) is 0 Å². The van der Waals surface area contributed by atoms with E-state index in [-0.39, 0.29) is 17.7 Å². The van der Waals surface area contributed by atoms with Crippen LogP contribution in [-0.2, 0) is 4.79 Å². The molecule has 116 valence electrons. The van der Waals surface area contributed by atoms with Crippen LogP contribution in [0.2, 0.25) is 0 Å². The Hall–Kier alpha value is -1.84. The first-order valence-corrected chi connectivity index (χ1v) is 7.62. The van der Waals surface area contributed by atoms with Gasteiger partial charge in [-0.3, -0.25) is 9.59 Å². The number of hydrogen-bond acceptors (Lipinski definition) is 2. The van der Waals surface area contributed by atoms with Gasteiger partial charge in [-0.1, -0.05) is 19.9 Å². The molecule has 4 nitrogen and oxygen atoms in total. The topological polar surface area (TPSA) is 58.2 Å². The second kappa shape index (κ2) is 8.45. The van der Waals surface area contributed by atoms with E-state index in [0.717, 1.165) is 18.4 Å². The first-order chi connectivity index (χ1) is 9.99. The van der Waals surface area contributed by atoms with Crippen molar-refractivity contribution < 1.29 is 9.59 Å². The quantitative estimate of drug-likeness (QED) is 0.758. The minimum atomic E-state index is -0.102. The zero-order valence-corrected chi connectivity index (χ0v) is 13.5. The predicted molar refractivity (Wildman–Crippen MR) is 85.3 cm³/mol. The number of carbonyl (C=O) groups is 2. The van der Waals surface area contributed by atoms with Crippen molar-refractivity contribution in [3.8, 4) is 0 Å². The highest BCUT2D eigenvalue weighted by Gasteiger charge is 2.13. The molecule has 4 heteroatoms. The lowest BCUT2D eigenvalue weighted by atomic mass is 10.0. The minimum Gasteiger partial charge on any atom is -0.354 e. The number of hydrogen-bond donors (Lipinski definition) is 2.